The third-order valence-electron chi connectivity index (χ3n) is 4.69. The molecule has 2 aromatic rings. The second-order valence-corrected chi connectivity index (χ2v) is 7.90. The lowest BCUT2D eigenvalue weighted by atomic mass is 10.2. The van der Waals surface area contributed by atoms with Crippen LogP contribution in [0.4, 0.5) is 5.69 Å². The molecule has 1 fully saturated rings. The van der Waals surface area contributed by atoms with Gasteiger partial charge in [-0.05, 0) is 61.7 Å². The van der Waals surface area contributed by atoms with E-state index in [0.717, 1.165) is 35.2 Å². The van der Waals surface area contributed by atoms with Crippen LogP contribution in [0.3, 0.4) is 0 Å². The fraction of sp³-hybridized carbons (Fsp3) is 0.364. The molecule has 1 saturated heterocycles. The summed E-state index contributed by atoms with van der Waals surface area (Å²) in [6.07, 6.45) is 2.45. The summed E-state index contributed by atoms with van der Waals surface area (Å²) in [5, 5.41) is 5.63. The molecule has 1 aliphatic heterocycles. The Morgan fingerprint density at radius 1 is 1.21 bits per heavy atom. The summed E-state index contributed by atoms with van der Waals surface area (Å²) in [5.74, 6) is 0.340. The zero-order chi connectivity index (χ0) is 20.6. The van der Waals surface area contributed by atoms with Crippen LogP contribution in [0.25, 0.3) is 0 Å². The predicted octanol–water partition coefficient (Wildman–Crippen LogP) is 4.07. The van der Waals surface area contributed by atoms with E-state index < -0.39 is 0 Å². The molecule has 0 saturated carbocycles. The quantitative estimate of drug-likeness (QED) is 0.622. The number of rotatable bonds is 8. The van der Waals surface area contributed by atoms with E-state index in [9.17, 15) is 9.59 Å². The summed E-state index contributed by atoms with van der Waals surface area (Å²) in [7, 11) is 0. The predicted molar refractivity (Wildman–Crippen MR) is 115 cm³/mol. The first-order chi connectivity index (χ1) is 14.0. The second kappa shape index (κ2) is 10.4. The van der Waals surface area contributed by atoms with Gasteiger partial charge in [0, 0.05) is 35.3 Å². The number of aryl methyl sites for hydroxylation is 1. The van der Waals surface area contributed by atoms with Gasteiger partial charge in [-0.1, -0.05) is 22.0 Å². The van der Waals surface area contributed by atoms with Gasteiger partial charge in [0.15, 0.2) is 0 Å². The van der Waals surface area contributed by atoms with Gasteiger partial charge in [-0.25, -0.2) is 0 Å². The van der Waals surface area contributed by atoms with E-state index in [-0.39, 0.29) is 30.9 Å². The van der Waals surface area contributed by atoms with Crippen LogP contribution < -0.4 is 15.4 Å². The van der Waals surface area contributed by atoms with E-state index in [0.29, 0.717) is 17.9 Å². The van der Waals surface area contributed by atoms with Gasteiger partial charge >= 0.3 is 0 Å². The van der Waals surface area contributed by atoms with E-state index in [1.54, 1.807) is 24.3 Å². The molecule has 29 heavy (non-hydrogen) atoms. The van der Waals surface area contributed by atoms with Gasteiger partial charge in [0.05, 0.1) is 6.10 Å². The minimum Gasteiger partial charge on any atom is -0.491 e. The largest absolute Gasteiger partial charge is 0.491 e. The molecule has 3 rings (SSSR count). The van der Waals surface area contributed by atoms with Crippen molar-refractivity contribution in [2.24, 2.45) is 0 Å². The van der Waals surface area contributed by atoms with Crippen molar-refractivity contribution >= 4 is 33.4 Å². The number of hydrogen-bond acceptors (Lipinski definition) is 4. The average molecular weight is 461 g/mol. The number of benzene rings is 2. The Balaban J connectivity index is 1.40. The van der Waals surface area contributed by atoms with Crippen LogP contribution in [0.15, 0.2) is 46.9 Å². The van der Waals surface area contributed by atoms with Crippen molar-refractivity contribution in [1.82, 2.24) is 5.32 Å². The number of hydrogen-bond donors (Lipinski definition) is 2. The summed E-state index contributed by atoms with van der Waals surface area (Å²) in [5.41, 5.74) is 2.26. The summed E-state index contributed by atoms with van der Waals surface area (Å²) in [6.45, 7) is 3.51. The highest BCUT2D eigenvalue weighted by atomic mass is 79.9. The Hall–Kier alpha value is -2.38. The van der Waals surface area contributed by atoms with E-state index in [2.05, 4.69) is 26.6 Å². The van der Waals surface area contributed by atoms with Crippen molar-refractivity contribution in [3.05, 3.63) is 58.1 Å². The Labute approximate surface area is 179 Å². The fourth-order valence-corrected chi connectivity index (χ4v) is 3.36. The SMILES string of the molecule is Cc1ccc(Br)cc1NC(=O)CCNC(=O)c1ccc(OCC2CCCO2)cc1. The van der Waals surface area contributed by atoms with Crippen molar-refractivity contribution in [2.75, 3.05) is 25.1 Å². The van der Waals surface area contributed by atoms with Crippen LogP contribution in [0, 0.1) is 6.92 Å². The number of carbonyl (C=O) groups is 2. The number of carbonyl (C=O) groups excluding carboxylic acids is 2. The molecular weight excluding hydrogens is 436 g/mol. The molecule has 7 heteroatoms. The first kappa shape index (κ1) is 21.3. The van der Waals surface area contributed by atoms with Crippen LogP contribution in [-0.2, 0) is 9.53 Å². The number of ether oxygens (including phenoxy) is 2. The summed E-state index contributed by atoms with van der Waals surface area (Å²) in [4.78, 5) is 24.4. The minimum absolute atomic E-state index is 0.149. The van der Waals surface area contributed by atoms with Crippen LogP contribution in [-0.4, -0.2) is 37.7 Å². The van der Waals surface area contributed by atoms with Crippen molar-refractivity contribution in [2.45, 2.75) is 32.3 Å². The molecule has 1 heterocycles. The summed E-state index contributed by atoms with van der Waals surface area (Å²) >= 11 is 3.39. The van der Waals surface area contributed by atoms with Crippen molar-refractivity contribution in [3.8, 4) is 5.75 Å². The molecule has 2 amide bonds. The molecular formula is C22H25BrN2O4. The normalized spacial score (nSPS) is 15.7. The highest BCUT2D eigenvalue weighted by Gasteiger charge is 2.16. The molecule has 0 aromatic heterocycles. The maximum atomic E-state index is 12.3. The molecule has 1 aliphatic rings. The summed E-state index contributed by atoms with van der Waals surface area (Å²) < 4.78 is 12.1. The Bertz CT molecular complexity index is 848. The Morgan fingerprint density at radius 2 is 2.00 bits per heavy atom. The Kier molecular flexibility index (Phi) is 7.66. The third-order valence-corrected chi connectivity index (χ3v) is 5.18. The number of halogens is 1. The van der Waals surface area contributed by atoms with E-state index >= 15 is 0 Å². The van der Waals surface area contributed by atoms with Crippen molar-refractivity contribution in [1.29, 1.82) is 0 Å². The molecule has 0 spiro atoms. The van der Waals surface area contributed by atoms with Gasteiger partial charge in [-0.15, -0.1) is 0 Å². The van der Waals surface area contributed by atoms with Crippen LogP contribution in [0.5, 0.6) is 5.75 Å². The monoisotopic (exact) mass is 460 g/mol. The van der Waals surface area contributed by atoms with Gasteiger partial charge in [-0.3, -0.25) is 9.59 Å². The maximum Gasteiger partial charge on any atom is 0.251 e. The molecule has 1 unspecified atom stereocenters. The van der Waals surface area contributed by atoms with E-state index in [1.807, 2.05) is 25.1 Å². The zero-order valence-electron chi connectivity index (χ0n) is 16.4. The molecule has 2 aromatic carbocycles. The molecule has 0 aliphatic carbocycles. The van der Waals surface area contributed by atoms with Gasteiger partial charge in [0.2, 0.25) is 5.91 Å². The lowest BCUT2D eigenvalue weighted by Gasteiger charge is -2.12. The summed E-state index contributed by atoms with van der Waals surface area (Å²) in [6, 6.07) is 12.7. The van der Waals surface area contributed by atoms with Crippen LogP contribution in [0.1, 0.15) is 35.2 Å². The average Bonchev–Trinajstić information content (AvgIpc) is 3.23. The number of anilines is 1. The van der Waals surface area contributed by atoms with Crippen molar-refractivity contribution < 1.29 is 19.1 Å². The second-order valence-electron chi connectivity index (χ2n) is 6.98. The van der Waals surface area contributed by atoms with Crippen LogP contribution in [0.2, 0.25) is 0 Å². The first-order valence-electron chi connectivity index (χ1n) is 9.70. The van der Waals surface area contributed by atoms with Crippen molar-refractivity contribution in [3.63, 3.8) is 0 Å². The topological polar surface area (TPSA) is 76.7 Å². The van der Waals surface area contributed by atoms with Gasteiger partial charge in [-0.2, -0.15) is 0 Å². The fourth-order valence-electron chi connectivity index (χ4n) is 3.00. The molecule has 6 nitrogen and oxygen atoms in total. The minimum atomic E-state index is -0.220. The Morgan fingerprint density at radius 3 is 2.72 bits per heavy atom. The molecule has 2 N–H and O–H groups in total. The van der Waals surface area contributed by atoms with Gasteiger partial charge in [0.1, 0.15) is 12.4 Å². The molecule has 154 valence electrons. The first-order valence-corrected chi connectivity index (χ1v) is 10.5. The maximum absolute atomic E-state index is 12.3. The smallest absolute Gasteiger partial charge is 0.251 e. The molecule has 0 radical (unpaired) electrons. The molecule has 1 atom stereocenters. The standard InChI is InChI=1S/C22H25BrN2O4/c1-15-4-7-17(23)13-20(15)25-21(26)10-11-24-22(27)16-5-8-18(9-6-16)29-14-19-3-2-12-28-19/h4-9,13,19H,2-3,10-12,14H2,1H3,(H,24,27)(H,25,26). The van der Waals surface area contributed by atoms with Gasteiger partial charge < -0.3 is 20.1 Å². The highest BCUT2D eigenvalue weighted by Crippen LogP contribution is 2.21. The molecule has 0 bridgehead atoms. The zero-order valence-corrected chi connectivity index (χ0v) is 18.0. The lowest BCUT2D eigenvalue weighted by molar-refractivity contribution is -0.116. The van der Waals surface area contributed by atoms with Gasteiger partial charge in [0.25, 0.3) is 5.91 Å². The number of amides is 2. The van der Waals surface area contributed by atoms with E-state index in [4.69, 9.17) is 9.47 Å². The third kappa shape index (κ3) is 6.58. The number of nitrogens with one attached hydrogen (secondary N) is 2. The lowest BCUT2D eigenvalue weighted by Crippen LogP contribution is -2.27. The highest BCUT2D eigenvalue weighted by molar-refractivity contribution is 9.10. The van der Waals surface area contributed by atoms with Crippen LogP contribution >= 0.6 is 15.9 Å². The van der Waals surface area contributed by atoms with E-state index in [1.165, 1.54) is 0 Å².